The van der Waals surface area contributed by atoms with Crippen molar-refractivity contribution in [2.45, 2.75) is 18.4 Å². The first-order valence-corrected chi connectivity index (χ1v) is 7.21. The molecule has 2 amide bonds. The van der Waals surface area contributed by atoms with Crippen LogP contribution in [0.2, 0.25) is 0 Å². The number of nitrogens with one attached hydrogen (secondary N) is 1. The van der Waals surface area contributed by atoms with Gasteiger partial charge in [-0.2, -0.15) is 0 Å². The molecule has 0 aliphatic carbocycles. The van der Waals surface area contributed by atoms with Crippen LogP contribution < -0.4 is 5.32 Å². The van der Waals surface area contributed by atoms with Crippen LogP contribution in [0.3, 0.4) is 0 Å². The van der Waals surface area contributed by atoms with E-state index < -0.39 is 5.60 Å². The Morgan fingerprint density at radius 1 is 1.60 bits per heavy atom. The molecule has 2 heterocycles. The first-order valence-electron chi connectivity index (χ1n) is 6.42. The van der Waals surface area contributed by atoms with Gasteiger partial charge in [0.25, 0.3) is 0 Å². The fourth-order valence-corrected chi connectivity index (χ4v) is 2.46. The Morgan fingerprint density at radius 2 is 2.30 bits per heavy atom. The van der Waals surface area contributed by atoms with Crippen LogP contribution in [0, 0.1) is 0 Å². The third-order valence-corrected chi connectivity index (χ3v) is 3.95. The van der Waals surface area contributed by atoms with Crippen LogP contribution in [0.1, 0.15) is 12.8 Å². The summed E-state index contributed by atoms with van der Waals surface area (Å²) in [5, 5.41) is 13.2. The predicted octanol–water partition coefficient (Wildman–Crippen LogP) is 1.85. The second-order valence-electron chi connectivity index (χ2n) is 4.98. The highest BCUT2D eigenvalue weighted by atomic mass is 79.9. The molecule has 1 saturated heterocycles. The zero-order valence-corrected chi connectivity index (χ0v) is 12.9. The highest BCUT2D eigenvalue weighted by molar-refractivity contribution is 9.10. The monoisotopic (exact) mass is 343 g/mol. The molecule has 1 aliphatic rings. The summed E-state index contributed by atoms with van der Waals surface area (Å²) in [6.07, 6.45) is 4.31. The fraction of sp³-hybridized carbons (Fsp3) is 0.538. The Bertz CT molecular complexity index is 478. The van der Waals surface area contributed by atoms with E-state index in [1.165, 1.54) is 4.90 Å². The van der Waals surface area contributed by atoms with E-state index >= 15 is 0 Å². The predicted molar refractivity (Wildman–Crippen MR) is 78.6 cm³/mol. The van der Waals surface area contributed by atoms with Gasteiger partial charge in [-0.3, -0.25) is 4.98 Å². The lowest BCUT2D eigenvalue weighted by molar-refractivity contribution is -0.0717. The number of aliphatic hydroxyl groups is 1. The number of likely N-dealkylation sites (N-methyl/N-ethyl adjacent to an activating group) is 1. The van der Waals surface area contributed by atoms with Gasteiger partial charge in [0.2, 0.25) is 0 Å². The third-order valence-electron chi connectivity index (χ3n) is 3.32. The van der Waals surface area contributed by atoms with Crippen molar-refractivity contribution in [3.05, 3.63) is 22.9 Å². The third kappa shape index (κ3) is 3.91. The van der Waals surface area contributed by atoms with Crippen LogP contribution in [0.25, 0.3) is 0 Å². The maximum absolute atomic E-state index is 12.1. The molecule has 1 aliphatic heterocycles. The Balaban J connectivity index is 1.93. The second kappa shape index (κ2) is 6.51. The minimum Gasteiger partial charge on any atom is -0.388 e. The van der Waals surface area contributed by atoms with Crippen molar-refractivity contribution in [1.29, 1.82) is 0 Å². The number of halogens is 1. The van der Waals surface area contributed by atoms with Gasteiger partial charge in [0.05, 0.1) is 22.3 Å². The molecule has 0 radical (unpaired) electrons. The molecule has 0 atom stereocenters. The van der Waals surface area contributed by atoms with E-state index in [-0.39, 0.29) is 12.6 Å². The van der Waals surface area contributed by atoms with Gasteiger partial charge in [-0.1, -0.05) is 0 Å². The van der Waals surface area contributed by atoms with Crippen LogP contribution in [0.15, 0.2) is 22.9 Å². The first kappa shape index (κ1) is 15.2. The van der Waals surface area contributed by atoms with Gasteiger partial charge in [-0.15, -0.1) is 0 Å². The van der Waals surface area contributed by atoms with Crippen molar-refractivity contribution in [1.82, 2.24) is 9.88 Å². The van der Waals surface area contributed by atoms with Crippen molar-refractivity contribution >= 4 is 27.6 Å². The summed E-state index contributed by atoms with van der Waals surface area (Å²) >= 11 is 3.32. The van der Waals surface area contributed by atoms with Crippen molar-refractivity contribution < 1.29 is 14.6 Å². The molecule has 6 nitrogen and oxygen atoms in total. The zero-order chi connectivity index (χ0) is 14.6. The highest BCUT2D eigenvalue weighted by Gasteiger charge is 2.32. The van der Waals surface area contributed by atoms with Crippen molar-refractivity contribution in [3.63, 3.8) is 0 Å². The number of rotatable bonds is 3. The smallest absolute Gasteiger partial charge is 0.321 e. The molecule has 2 rings (SSSR count). The topological polar surface area (TPSA) is 74.7 Å². The molecular weight excluding hydrogens is 326 g/mol. The molecule has 0 spiro atoms. The fourth-order valence-electron chi connectivity index (χ4n) is 2.11. The van der Waals surface area contributed by atoms with Crippen LogP contribution in [0.4, 0.5) is 10.5 Å². The number of ether oxygens (including phenoxy) is 1. The van der Waals surface area contributed by atoms with Gasteiger partial charge in [0.1, 0.15) is 0 Å². The molecule has 2 N–H and O–H groups in total. The summed E-state index contributed by atoms with van der Waals surface area (Å²) in [5.74, 6) is 0. The quantitative estimate of drug-likeness (QED) is 0.878. The van der Waals surface area contributed by atoms with Gasteiger partial charge in [-0.05, 0) is 22.0 Å². The molecule has 1 fully saturated rings. The summed E-state index contributed by atoms with van der Waals surface area (Å²) < 4.78 is 5.94. The van der Waals surface area contributed by atoms with Gasteiger partial charge >= 0.3 is 6.03 Å². The molecule has 20 heavy (non-hydrogen) atoms. The van der Waals surface area contributed by atoms with Crippen molar-refractivity contribution in [2.75, 3.05) is 32.1 Å². The summed E-state index contributed by atoms with van der Waals surface area (Å²) in [6.45, 7) is 1.34. The van der Waals surface area contributed by atoms with Gasteiger partial charge < -0.3 is 20.1 Å². The molecule has 0 bridgehead atoms. The molecule has 0 saturated carbocycles. The van der Waals surface area contributed by atoms with E-state index in [0.717, 1.165) is 0 Å². The molecule has 1 aromatic rings. The summed E-state index contributed by atoms with van der Waals surface area (Å²) in [5.41, 5.74) is -0.212. The van der Waals surface area contributed by atoms with Crippen LogP contribution in [-0.2, 0) is 4.74 Å². The van der Waals surface area contributed by atoms with Crippen LogP contribution in [0.5, 0.6) is 0 Å². The number of hydrogen-bond acceptors (Lipinski definition) is 4. The van der Waals surface area contributed by atoms with E-state index in [2.05, 4.69) is 26.2 Å². The average molecular weight is 344 g/mol. The second-order valence-corrected chi connectivity index (χ2v) is 5.83. The number of urea groups is 1. The van der Waals surface area contributed by atoms with Gasteiger partial charge in [0, 0.05) is 45.5 Å². The average Bonchev–Trinajstić information content (AvgIpc) is 2.41. The SMILES string of the molecule is CN(CC1(O)CCOCC1)C(=O)Nc1ccncc1Br. The molecular formula is C13H18BrN3O3. The van der Waals surface area contributed by atoms with E-state index in [1.807, 2.05) is 0 Å². The van der Waals surface area contributed by atoms with Gasteiger partial charge in [-0.25, -0.2) is 4.79 Å². The van der Waals surface area contributed by atoms with E-state index in [1.54, 1.807) is 25.5 Å². The molecule has 0 aromatic carbocycles. The Hall–Kier alpha value is -1.18. The molecule has 1 aromatic heterocycles. The van der Waals surface area contributed by atoms with Crippen molar-refractivity contribution in [3.8, 4) is 0 Å². The summed E-state index contributed by atoms with van der Waals surface area (Å²) in [4.78, 5) is 17.5. The zero-order valence-electron chi connectivity index (χ0n) is 11.3. The van der Waals surface area contributed by atoms with E-state index in [9.17, 15) is 9.90 Å². The normalized spacial score (nSPS) is 17.6. The molecule has 7 heteroatoms. The highest BCUT2D eigenvalue weighted by Crippen LogP contribution is 2.23. The van der Waals surface area contributed by atoms with Crippen LogP contribution >= 0.6 is 15.9 Å². The lowest BCUT2D eigenvalue weighted by Gasteiger charge is -2.35. The van der Waals surface area contributed by atoms with Crippen molar-refractivity contribution in [2.24, 2.45) is 0 Å². The number of amides is 2. The molecule has 110 valence electrons. The summed E-state index contributed by atoms with van der Waals surface area (Å²) in [7, 11) is 1.66. The minimum atomic E-state index is -0.861. The number of nitrogens with zero attached hydrogens (tertiary/aromatic N) is 2. The molecule has 0 unspecified atom stereocenters. The number of carbonyl (C=O) groups excluding carboxylic acids is 1. The minimum absolute atomic E-state index is 0.267. The van der Waals surface area contributed by atoms with E-state index in [4.69, 9.17) is 4.74 Å². The van der Waals surface area contributed by atoms with Gasteiger partial charge in [0.15, 0.2) is 0 Å². The Labute approximate surface area is 126 Å². The number of carbonyl (C=O) groups is 1. The largest absolute Gasteiger partial charge is 0.388 e. The standard InChI is InChI=1S/C13H18BrN3O3/c1-17(9-13(19)3-6-20-7-4-13)12(18)16-11-2-5-15-8-10(11)14/h2,5,8,19H,3-4,6-7,9H2,1H3,(H,15,16,18). The number of pyridine rings is 1. The Kier molecular flexibility index (Phi) is 4.95. The number of anilines is 1. The lowest BCUT2D eigenvalue weighted by Crippen LogP contribution is -2.48. The number of hydrogen-bond donors (Lipinski definition) is 2. The maximum atomic E-state index is 12.1. The van der Waals surface area contributed by atoms with Crippen LogP contribution in [-0.4, -0.2) is 53.4 Å². The number of aromatic nitrogens is 1. The summed E-state index contributed by atoms with van der Waals surface area (Å²) in [6, 6.07) is 1.44. The lowest BCUT2D eigenvalue weighted by atomic mass is 9.94. The van der Waals surface area contributed by atoms with E-state index in [0.29, 0.717) is 36.2 Å². The maximum Gasteiger partial charge on any atom is 0.321 e. The first-order chi connectivity index (χ1) is 9.50. The Morgan fingerprint density at radius 3 is 2.95 bits per heavy atom.